The lowest BCUT2D eigenvalue weighted by molar-refractivity contribution is 0.0949. The highest BCUT2D eigenvalue weighted by molar-refractivity contribution is 5.97. The van der Waals surface area contributed by atoms with Gasteiger partial charge in [-0.25, -0.2) is 4.98 Å². The Kier molecular flexibility index (Phi) is 5.18. The van der Waals surface area contributed by atoms with Crippen molar-refractivity contribution < 1.29 is 4.79 Å². The lowest BCUT2D eigenvalue weighted by Gasteiger charge is -2.33. The maximum absolute atomic E-state index is 12.4. The van der Waals surface area contributed by atoms with Gasteiger partial charge in [0.15, 0.2) is 0 Å². The zero-order valence-corrected chi connectivity index (χ0v) is 16.9. The van der Waals surface area contributed by atoms with Gasteiger partial charge in [0, 0.05) is 31.2 Å². The molecule has 1 N–H and O–H groups in total. The SMILES string of the molecule is CC(C)CNC(=O)c1ccc2c(c1)nc1n2CCN([C@H](C)c2ccccc2)C1. The fourth-order valence-electron chi connectivity index (χ4n) is 3.85. The highest BCUT2D eigenvalue weighted by atomic mass is 16.1. The Morgan fingerprint density at radius 3 is 2.64 bits per heavy atom. The number of rotatable bonds is 5. The minimum atomic E-state index is -0.0269. The molecule has 0 unspecified atom stereocenters. The molecule has 0 aliphatic carbocycles. The summed E-state index contributed by atoms with van der Waals surface area (Å²) in [6, 6.07) is 16.8. The molecule has 4 rings (SSSR count). The van der Waals surface area contributed by atoms with Gasteiger partial charge < -0.3 is 9.88 Å². The Morgan fingerprint density at radius 2 is 1.89 bits per heavy atom. The molecule has 2 aromatic carbocycles. The molecule has 1 aliphatic heterocycles. The van der Waals surface area contributed by atoms with Crippen molar-refractivity contribution in [2.24, 2.45) is 5.92 Å². The van der Waals surface area contributed by atoms with Crippen molar-refractivity contribution in [3.05, 3.63) is 65.5 Å². The van der Waals surface area contributed by atoms with Gasteiger partial charge in [0.2, 0.25) is 0 Å². The number of carbonyl (C=O) groups excluding carboxylic acids is 1. The van der Waals surface area contributed by atoms with E-state index in [4.69, 9.17) is 4.98 Å². The first-order valence-corrected chi connectivity index (χ1v) is 10.1. The van der Waals surface area contributed by atoms with Gasteiger partial charge in [-0.3, -0.25) is 9.69 Å². The Labute approximate surface area is 166 Å². The van der Waals surface area contributed by atoms with Crippen LogP contribution in [0.5, 0.6) is 0 Å². The van der Waals surface area contributed by atoms with Gasteiger partial charge >= 0.3 is 0 Å². The van der Waals surface area contributed by atoms with E-state index in [1.165, 1.54) is 5.56 Å². The number of hydrogen-bond acceptors (Lipinski definition) is 3. The van der Waals surface area contributed by atoms with E-state index in [0.717, 1.165) is 36.5 Å². The van der Waals surface area contributed by atoms with E-state index in [1.54, 1.807) is 0 Å². The molecular formula is C23H28N4O. The van der Waals surface area contributed by atoms with Crippen LogP contribution in [-0.4, -0.2) is 33.4 Å². The summed E-state index contributed by atoms with van der Waals surface area (Å²) in [6.07, 6.45) is 0. The van der Waals surface area contributed by atoms with Crippen molar-refractivity contribution in [3.63, 3.8) is 0 Å². The molecule has 1 amide bonds. The molecule has 146 valence electrons. The number of benzene rings is 2. The molecule has 0 bridgehead atoms. The smallest absolute Gasteiger partial charge is 0.251 e. The van der Waals surface area contributed by atoms with Crippen LogP contribution < -0.4 is 5.32 Å². The second-order valence-corrected chi connectivity index (χ2v) is 8.04. The molecule has 0 saturated heterocycles. The van der Waals surface area contributed by atoms with E-state index in [0.29, 0.717) is 24.1 Å². The van der Waals surface area contributed by atoms with E-state index in [2.05, 4.69) is 65.9 Å². The quantitative estimate of drug-likeness (QED) is 0.732. The average molecular weight is 377 g/mol. The summed E-state index contributed by atoms with van der Waals surface area (Å²) in [7, 11) is 0. The van der Waals surface area contributed by atoms with Crippen LogP contribution >= 0.6 is 0 Å². The van der Waals surface area contributed by atoms with E-state index >= 15 is 0 Å². The third-order valence-electron chi connectivity index (χ3n) is 5.55. The Bertz CT molecular complexity index is 977. The molecule has 0 spiro atoms. The number of fused-ring (bicyclic) bond motifs is 3. The fourth-order valence-corrected chi connectivity index (χ4v) is 3.85. The normalized spacial score (nSPS) is 15.6. The first-order valence-electron chi connectivity index (χ1n) is 10.1. The summed E-state index contributed by atoms with van der Waals surface area (Å²) >= 11 is 0. The zero-order chi connectivity index (χ0) is 19.7. The topological polar surface area (TPSA) is 50.2 Å². The van der Waals surface area contributed by atoms with E-state index in [-0.39, 0.29) is 5.91 Å². The fraction of sp³-hybridized carbons (Fsp3) is 0.391. The summed E-state index contributed by atoms with van der Waals surface area (Å²) in [5, 5.41) is 2.98. The van der Waals surface area contributed by atoms with Crippen LogP contribution in [0.3, 0.4) is 0 Å². The maximum Gasteiger partial charge on any atom is 0.251 e. The number of nitrogens with zero attached hydrogens (tertiary/aromatic N) is 3. The second kappa shape index (κ2) is 7.76. The molecule has 5 nitrogen and oxygen atoms in total. The van der Waals surface area contributed by atoms with Crippen LogP contribution in [0.25, 0.3) is 11.0 Å². The first-order chi connectivity index (χ1) is 13.5. The third-order valence-corrected chi connectivity index (χ3v) is 5.55. The van der Waals surface area contributed by atoms with Gasteiger partial charge in [-0.15, -0.1) is 0 Å². The third kappa shape index (κ3) is 3.67. The molecule has 1 atom stereocenters. The molecule has 0 radical (unpaired) electrons. The highest BCUT2D eigenvalue weighted by Crippen LogP contribution is 2.27. The van der Waals surface area contributed by atoms with Gasteiger partial charge in [-0.05, 0) is 36.6 Å². The summed E-state index contributed by atoms with van der Waals surface area (Å²) in [4.78, 5) is 19.7. The summed E-state index contributed by atoms with van der Waals surface area (Å²) in [5.41, 5.74) is 4.03. The molecule has 1 aliphatic rings. The Balaban J connectivity index is 1.55. The molecule has 0 saturated carbocycles. The van der Waals surface area contributed by atoms with E-state index in [1.807, 2.05) is 18.2 Å². The largest absolute Gasteiger partial charge is 0.352 e. The standard InChI is InChI=1S/C23H28N4O/c1-16(2)14-24-23(28)19-9-10-21-20(13-19)25-22-15-26(11-12-27(21)22)17(3)18-7-5-4-6-8-18/h4-10,13,16-17H,11-12,14-15H2,1-3H3,(H,24,28)/t17-/m1/s1. The lowest BCUT2D eigenvalue weighted by atomic mass is 10.1. The first kappa shape index (κ1) is 18.7. The van der Waals surface area contributed by atoms with Crippen molar-refractivity contribution in [1.82, 2.24) is 19.8 Å². The molecule has 28 heavy (non-hydrogen) atoms. The van der Waals surface area contributed by atoms with Gasteiger partial charge in [-0.1, -0.05) is 44.2 Å². The molecule has 1 aromatic heterocycles. The van der Waals surface area contributed by atoms with Crippen LogP contribution in [0.1, 0.15) is 48.6 Å². The number of aromatic nitrogens is 2. The van der Waals surface area contributed by atoms with Gasteiger partial charge in [0.1, 0.15) is 5.82 Å². The van der Waals surface area contributed by atoms with Crippen molar-refractivity contribution in [2.75, 3.05) is 13.1 Å². The van der Waals surface area contributed by atoms with Crippen molar-refractivity contribution in [3.8, 4) is 0 Å². The van der Waals surface area contributed by atoms with Crippen LogP contribution in [0.2, 0.25) is 0 Å². The predicted octanol–water partition coefficient (Wildman–Crippen LogP) is 4.00. The number of imidazole rings is 1. The molecule has 0 fully saturated rings. The van der Waals surface area contributed by atoms with Crippen LogP contribution in [-0.2, 0) is 13.1 Å². The summed E-state index contributed by atoms with van der Waals surface area (Å²) in [6.45, 7) is 9.85. The Hall–Kier alpha value is -2.66. The summed E-state index contributed by atoms with van der Waals surface area (Å²) < 4.78 is 2.29. The molecule has 2 heterocycles. The molecular weight excluding hydrogens is 348 g/mol. The number of hydrogen-bond donors (Lipinski definition) is 1. The highest BCUT2D eigenvalue weighted by Gasteiger charge is 2.24. The summed E-state index contributed by atoms with van der Waals surface area (Å²) in [5.74, 6) is 1.48. The van der Waals surface area contributed by atoms with Crippen LogP contribution in [0, 0.1) is 5.92 Å². The minimum Gasteiger partial charge on any atom is -0.352 e. The lowest BCUT2D eigenvalue weighted by Crippen LogP contribution is -2.35. The van der Waals surface area contributed by atoms with Crippen molar-refractivity contribution in [1.29, 1.82) is 0 Å². The maximum atomic E-state index is 12.4. The number of carbonyl (C=O) groups is 1. The second-order valence-electron chi connectivity index (χ2n) is 8.04. The minimum absolute atomic E-state index is 0.0269. The Morgan fingerprint density at radius 1 is 1.11 bits per heavy atom. The van der Waals surface area contributed by atoms with E-state index < -0.39 is 0 Å². The predicted molar refractivity (Wildman–Crippen MR) is 112 cm³/mol. The monoisotopic (exact) mass is 376 g/mol. The zero-order valence-electron chi connectivity index (χ0n) is 16.9. The van der Waals surface area contributed by atoms with E-state index in [9.17, 15) is 4.79 Å². The number of amides is 1. The van der Waals surface area contributed by atoms with Crippen LogP contribution in [0.4, 0.5) is 0 Å². The molecule has 5 heteroatoms. The van der Waals surface area contributed by atoms with Gasteiger partial charge in [-0.2, -0.15) is 0 Å². The van der Waals surface area contributed by atoms with Gasteiger partial charge in [0.05, 0.1) is 17.6 Å². The molecule has 3 aromatic rings. The van der Waals surface area contributed by atoms with Gasteiger partial charge in [0.25, 0.3) is 5.91 Å². The number of nitrogens with one attached hydrogen (secondary N) is 1. The van der Waals surface area contributed by atoms with Crippen LogP contribution in [0.15, 0.2) is 48.5 Å². The van der Waals surface area contributed by atoms with Crippen molar-refractivity contribution in [2.45, 2.75) is 39.9 Å². The van der Waals surface area contributed by atoms with Crippen molar-refractivity contribution >= 4 is 16.9 Å². The average Bonchev–Trinajstić information content (AvgIpc) is 3.08.